The molecule has 1 aromatic heterocycles. The van der Waals surface area contributed by atoms with Crippen LogP contribution in [0.15, 0.2) is 79.1 Å². The summed E-state index contributed by atoms with van der Waals surface area (Å²) in [6.07, 6.45) is 6.87. The van der Waals surface area contributed by atoms with Crippen molar-refractivity contribution >= 4 is 23.5 Å². The molecule has 1 saturated heterocycles. The summed E-state index contributed by atoms with van der Waals surface area (Å²) in [6, 6.07) is 18.6. The number of hydrogen-bond donors (Lipinski definition) is 1. The Kier molecular flexibility index (Phi) is 5.14. The van der Waals surface area contributed by atoms with Crippen molar-refractivity contribution in [1.82, 2.24) is 4.98 Å². The minimum Gasteiger partial charge on any atom is -0.497 e. The van der Waals surface area contributed by atoms with Crippen LogP contribution in [0.2, 0.25) is 0 Å². The van der Waals surface area contributed by atoms with Gasteiger partial charge in [-0.15, -0.1) is 0 Å². The average Bonchev–Trinajstić information content (AvgIpc) is 3.20. The number of para-hydroxylation sites is 1. The van der Waals surface area contributed by atoms with Crippen molar-refractivity contribution < 1.29 is 14.3 Å². The maximum Gasteiger partial charge on any atom is 0.241 e. The molecule has 34 heavy (non-hydrogen) atoms. The molecule has 2 N–H and O–H groups in total. The fourth-order valence-corrected chi connectivity index (χ4v) is 5.32. The molecule has 4 atom stereocenters. The fourth-order valence-electron chi connectivity index (χ4n) is 5.32. The van der Waals surface area contributed by atoms with Gasteiger partial charge in [-0.1, -0.05) is 42.5 Å². The van der Waals surface area contributed by atoms with Crippen molar-refractivity contribution in [1.29, 1.82) is 5.26 Å². The van der Waals surface area contributed by atoms with Crippen molar-refractivity contribution in [3.8, 4) is 11.8 Å². The molecule has 2 aromatic carbocycles. The van der Waals surface area contributed by atoms with Crippen molar-refractivity contribution in [2.45, 2.75) is 18.0 Å². The molecular weight excluding hydrogens is 428 g/mol. The Morgan fingerprint density at radius 1 is 1.12 bits per heavy atom. The number of carbonyl (C=O) groups is 2. The van der Waals surface area contributed by atoms with Gasteiger partial charge >= 0.3 is 0 Å². The Hall–Kier alpha value is -4.44. The first-order valence-corrected chi connectivity index (χ1v) is 10.9. The summed E-state index contributed by atoms with van der Waals surface area (Å²) in [4.78, 5) is 33.3. The number of ether oxygens (including phenoxy) is 1. The zero-order valence-electron chi connectivity index (χ0n) is 18.5. The summed E-state index contributed by atoms with van der Waals surface area (Å²) in [6.45, 7) is 0. The number of ketones is 1. The SMILES string of the molecule is COc1cccc(C(=O)[C@@H]2[C@H](c3ccncc3)[C@@](C#N)(C(N)=O)[C@@H]3C=Cc4ccccc4N23)c1. The van der Waals surface area contributed by atoms with Crippen molar-refractivity contribution in [2.24, 2.45) is 11.1 Å². The number of carbonyl (C=O) groups excluding carboxylic acids is 2. The van der Waals surface area contributed by atoms with Crippen LogP contribution in [0, 0.1) is 16.7 Å². The number of anilines is 1. The van der Waals surface area contributed by atoms with Gasteiger partial charge < -0.3 is 15.4 Å². The number of pyridine rings is 1. The van der Waals surface area contributed by atoms with E-state index in [9.17, 15) is 14.9 Å². The zero-order chi connectivity index (χ0) is 23.9. The Balaban J connectivity index is 1.80. The van der Waals surface area contributed by atoms with Gasteiger partial charge in [0.1, 0.15) is 11.8 Å². The van der Waals surface area contributed by atoms with Crippen LogP contribution in [0.3, 0.4) is 0 Å². The lowest BCUT2D eigenvalue weighted by atomic mass is 9.67. The van der Waals surface area contributed by atoms with E-state index in [4.69, 9.17) is 10.5 Å². The first-order chi connectivity index (χ1) is 16.5. The van der Waals surface area contributed by atoms with E-state index in [2.05, 4.69) is 11.1 Å². The van der Waals surface area contributed by atoms with Crippen molar-refractivity contribution in [2.75, 3.05) is 12.0 Å². The summed E-state index contributed by atoms with van der Waals surface area (Å²) in [5.74, 6) is -1.27. The van der Waals surface area contributed by atoms with E-state index < -0.39 is 29.3 Å². The Bertz CT molecular complexity index is 1350. The van der Waals surface area contributed by atoms with Gasteiger partial charge in [-0.25, -0.2) is 0 Å². The molecule has 2 aliphatic heterocycles. The molecule has 0 unspecified atom stereocenters. The van der Waals surface area contributed by atoms with Crippen LogP contribution in [-0.2, 0) is 4.79 Å². The molecule has 2 aliphatic rings. The Labute approximate surface area is 197 Å². The molecular formula is C27H22N4O3. The number of hydrogen-bond acceptors (Lipinski definition) is 6. The standard InChI is InChI=1S/C27H22N4O3/c1-34-20-7-4-6-19(15-20)25(32)24-23(18-11-13-30-14-12-18)27(16-28,26(29)33)22-10-9-17-5-2-3-8-21(17)31(22)24/h2-15,22-24H,1H3,(H2,29,33)/t22-,23-,24-,27-/m0/s1. The van der Waals surface area contributed by atoms with Crippen molar-refractivity contribution in [3.63, 3.8) is 0 Å². The number of methoxy groups -OCH3 is 1. The molecule has 1 amide bonds. The molecule has 1 fully saturated rings. The lowest BCUT2D eigenvalue weighted by Gasteiger charge is -2.36. The van der Waals surface area contributed by atoms with E-state index in [0.29, 0.717) is 16.9 Å². The first kappa shape index (κ1) is 21.4. The second-order valence-corrected chi connectivity index (χ2v) is 8.41. The quantitative estimate of drug-likeness (QED) is 0.597. The minimum atomic E-state index is -1.68. The first-order valence-electron chi connectivity index (χ1n) is 10.9. The van der Waals surface area contributed by atoms with E-state index in [1.165, 1.54) is 7.11 Å². The number of nitrogens with zero attached hydrogens (tertiary/aromatic N) is 3. The molecule has 168 valence electrons. The Morgan fingerprint density at radius 3 is 2.59 bits per heavy atom. The number of aromatic nitrogens is 1. The minimum absolute atomic E-state index is 0.228. The van der Waals surface area contributed by atoms with E-state index >= 15 is 0 Å². The van der Waals surface area contributed by atoms with Crippen LogP contribution < -0.4 is 15.4 Å². The van der Waals surface area contributed by atoms with Crippen molar-refractivity contribution in [3.05, 3.63) is 95.8 Å². The summed E-state index contributed by atoms with van der Waals surface area (Å²) < 4.78 is 5.33. The number of benzene rings is 2. The van der Waals surface area contributed by atoms with E-state index in [-0.39, 0.29) is 5.78 Å². The lowest BCUT2D eigenvalue weighted by molar-refractivity contribution is -0.125. The van der Waals surface area contributed by atoms with Gasteiger partial charge in [0.15, 0.2) is 11.2 Å². The van der Waals surface area contributed by atoms with Gasteiger partial charge in [0, 0.05) is 29.6 Å². The highest BCUT2D eigenvalue weighted by Crippen LogP contribution is 2.55. The molecule has 0 spiro atoms. The number of nitrogens with two attached hydrogens (primary N) is 1. The highest BCUT2D eigenvalue weighted by atomic mass is 16.5. The van der Waals surface area contributed by atoms with E-state index in [0.717, 1.165) is 11.3 Å². The summed E-state index contributed by atoms with van der Waals surface area (Å²) in [7, 11) is 1.54. The summed E-state index contributed by atoms with van der Waals surface area (Å²) in [5, 5.41) is 10.5. The monoisotopic (exact) mass is 450 g/mol. The third-order valence-corrected chi connectivity index (χ3v) is 6.83. The van der Waals surface area contributed by atoms with Gasteiger partial charge in [-0.2, -0.15) is 5.26 Å². The topological polar surface area (TPSA) is 109 Å². The number of Topliss-reactive ketones (excluding diaryl/α,β-unsaturated/α-hetero) is 1. The van der Waals surface area contributed by atoms with Crippen LogP contribution >= 0.6 is 0 Å². The van der Waals surface area contributed by atoms with Crippen LogP contribution in [-0.4, -0.2) is 35.9 Å². The third-order valence-electron chi connectivity index (χ3n) is 6.83. The average molecular weight is 450 g/mol. The third kappa shape index (κ3) is 3.00. The van der Waals surface area contributed by atoms with Gasteiger partial charge in [-0.05, 0) is 41.5 Å². The lowest BCUT2D eigenvalue weighted by Crippen LogP contribution is -2.49. The molecule has 7 heteroatoms. The van der Waals surface area contributed by atoms with Crippen LogP contribution in [0.25, 0.3) is 6.08 Å². The molecule has 0 bridgehead atoms. The number of amides is 1. The number of primary amides is 1. The zero-order valence-corrected chi connectivity index (χ0v) is 18.5. The second-order valence-electron chi connectivity index (χ2n) is 8.41. The smallest absolute Gasteiger partial charge is 0.241 e. The molecule has 7 nitrogen and oxygen atoms in total. The summed E-state index contributed by atoms with van der Waals surface area (Å²) >= 11 is 0. The molecule has 5 rings (SSSR count). The molecule has 3 heterocycles. The van der Waals surface area contributed by atoms with E-state index in [1.54, 1.807) is 48.8 Å². The predicted octanol–water partition coefficient (Wildman–Crippen LogP) is 3.34. The number of nitriles is 1. The molecule has 0 aliphatic carbocycles. The fraction of sp³-hybridized carbons (Fsp3) is 0.185. The van der Waals surface area contributed by atoms with Gasteiger partial charge in [0.2, 0.25) is 5.91 Å². The maximum atomic E-state index is 14.2. The van der Waals surface area contributed by atoms with E-state index in [1.807, 2.05) is 41.3 Å². The molecule has 0 radical (unpaired) electrons. The van der Waals surface area contributed by atoms with Crippen LogP contribution in [0.4, 0.5) is 5.69 Å². The maximum absolute atomic E-state index is 14.2. The normalized spacial score (nSPS) is 24.6. The van der Waals surface area contributed by atoms with Gasteiger partial charge in [0.05, 0.1) is 19.2 Å². The number of rotatable bonds is 5. The Morgan fingerprint density at radius 2 is 1.88 bits per heavy atom. The molecule has 3 aromatic rings. The highest BCUT2D eigenvalue weighted by Gasteiger charge is 2.65. The van der Waals surface area contributed by atoms with Gasteiger partial charge in [-0.3, -0.25) is 14.6 Å². The van der Waals surface area contributed by atoms with Crippen LogP contribution in [0.1, 0.15) is 27.4 Å². The van der Waals surface area contributed by atoms with Crippen LogP contribution in [0.5, 0.6) is 5.75 Å². The highest BCUT2D eigenvalue weighted by molar-refractivity contribution is 6.06. The predicted molar refractivity (Wildman–Crippen MR) is 127 cm³/mol. The van der Waals surface area contributed by atoms with Gasteiger partial charge in [0.25, 0.3) is 0 Å². The molecule has 0 saturated carbocycles. The second kappa shape index (κ2) is 8.16. The number of fused-ring (bicyclic) bond motifs is 3. The summed E-state index contributed by atoms with van der Waals surface area (Å²) in [5.41, 5.74) is 7.04. The largest absolute Gasteiger partial charge is 0.497 e.